The maximum atomic E-state index is 2.44. The molecule has 0 saturated heterocycles. The van der Waals surface area contributed by atoms with Crippen LogP contribution in [0.15, 0.2) is 121 Å². The van der Waals surface area contributed by atoms with Crippen LogP contribution in [0, 0.1) is 27.7 Å². The molecule has 0 bridgehead atoms. The van der Waals surface area contributed by atoms with Gasteiger partial charge in [0.05, 0.1) is 0 Å². The highest BCUT2D eigenvalue weighted by Crippen LogP contribution is 2.45. The van der Waals surface area contributed by atoms with Gasteiger partial charge in [0.25, 0.3) is 0 Å². The first-order valence-corrected chi connectivity index (χ1v) is 14.9. The number of hydrogen-bond acceptors (Lipinski definition) is 0. The van der Waals surface area contributed by atoms with Gasteiger partial charge >= 0.3 is 0 Å². The average molecular weight is 537 g/mol. The second-order valence-electron chi connectivity index (χ2n) is 12.0. The van der Waals surface area contributed by atoms with Crippen molar-refractivity contribution in [1.29, 1.82) is 0 Å². The van der Waals surface area contributed by atoms with Gasteiger partial charge in [-0.2, -0.15) is 0 Å². The van der Waals surface area contributed by atoms with Crippen molar-refractivity contribution >= 4 is 53.9 Å². The summed E-state index contributed by atoms with van der Waals surface area (Å²) in [7, 11) is 0. The SMILES string of the molecule is Cc1ccc(-c2ccc3c4ccccc4c4c5cc(-c6ccc(C)c(C)c6)ccc5c5ccccc5c4c3c2)c(C)c1. The number of rotatable bonds is 2. The summed E-state index contributed by atoms with van der Waals surface area (Å²) in [6.45, 7) is 8.78. The Morgan fingerprint density at radius 3 is 1.40 bits per heavy atom. The second kappa shape index (κ2) is 9.29. The first-order chi connectivity index (χ1) is 20.5. The molecule has 0 heteroatoms. The fourth-order valence-corrected chi connectivity index (χ4v) is 7.08. The lowest BCUT2D eigenvalue weighted by atomic mass is 9.85. The molecular formula is C42H32. The molecule has 0 spiro atoms. The van der Waals surface area contributed by atoms with E-state index >= 15 is 0 Å². The third-order valence-corrected chi connectivity index (χ3v) is 9.33. The van der Waals surface area contributed by atoms with Crippen molar-refractivity contribution in [1.82, 2.24) is 0 Å². The van der Waals surface area contributed by atoms with E-state index in [1.165, 1.54) is 98.4 Å². The molecule has 0 aromatic heterocycles. The largest absolute Gasteiger partial charge is 0.0616 e. The van der Waals surface area contributed by atoms with Gasteiger partial charge in [-0.05, 0) is 133 Å². The van der Waals surface area contributed by atoms with Crippen molar-refractivity contribution in [3.63, 3.8) is 0 Å². The Morgan fingerprint density at radius 1 is 0.310 bits per heavy atom. The van der Waals surface area contributed by atoms with Gasteiger partial charge in [-0.25, -0.2) is 0 Å². The fraction of sp³-hybridized carbons (Fsp3) is 0.0952. The Balaban J connectivity index is 1.58. The van der Waals surface area contributed by atoms with E-state index in [4.69, 9.17) is 0 Å². The molecule has 0 N–H and O–H groups in total. The molecule has 0 aliphatic heterocycles. The maximum Gasteiger partial charge on any atom is -0.00137 e. The van der Waals surface area contributed by atoms with E-state index in [1.54, 1.807) is 0 Å². The van der Waals surface area contributed by atoms with Crippen LogP contribution in [0.4, 0.5) is 0 Å². The van der Waals surface area contributed by atoms with E-state index in [0.29, 0.717) is 0 Å². The normalized spacial score (nSPS) is 11.8. The molecule has 0 radical (unpaired) electrons. The molecule has 0 aliphatic rings. The lowest BCUT2D eigenvalue weighted by molar-refractivity contribution is 1.34. The number of benzene rings is 8. The summed E-state index contributed by atoms with van der Waals surface area (Å²) in [5.41, 5.74) is 10.4. The highest BCUT2D eigenvalue weighted by Gasteiger charge is 2.17. The van der Waals surface area contributed by atoms with E-state index in [-0.39, 0.29) is 0 Å². The Hall–Kier alpha value is -4.94. The minimum absolute atomic E-state index is 1.26. The Labute approximate surface area is 246 Å². The molecule has 200 valence electrons. The molecule has 0 heterocycles. The first kappa shape index (κ1) is 24.8. The molecule has 42 heavy (non-hydrogen) atoms. The molecule has 0 amide bonds. The lowest BCUT2D eigenvalue weighted by Crippen LogP contribution is -1.91. The number of fused-ring (bicyclic) bond motifs is 11. The van der Waals surface area contributed by atoms with E-state index in [1.807, 2.05) is 0 Å². The zero-order valence-electron chi connectivity index (χ0n) is 24.5. The Bertz CT molecular complexity index is 2390. The number of hydrogen-bond donors (Lipinski definition) is 0. The molecule has 8 aromatic carbocycles. The minimum atomic E-state index is 1.26. The van der Waals surface area contributed by atoms with Gasteiger partial charge < -0.3 is 0 Å². The zero-order chi connectivity index (χ0) is 28.5. The van der Waals surface area contributed by atoms with Crippen molar-refractivity contribution in [3.8, 4) is 22.3 Å². The summed E-state index contributed by atoms with van der Waals surface area (Å²) in [6.07, 6.45) is 0. The van der Waals surface area contributed by atoms with Crippen LogP contribution in [0.3, 0.4) is 0 Å². The smallest absolute Gasteiger partial charge is 0.00137 e. The van der Waals surface area contributed by atoms with E-state index in [9.17, 15) is 0 Å². The molecule has 8 aromatic rings. The van der Waals surface area contributed by atoms with Gasteiger partial charge in [-0.15, -0.1) is 0 Å². The third kappa shape index (κ3) is 3.68. The summed E-state index contributed by atoms with van der Waals surface area (Å²) in [5.74, 6) is 0. The van der Waals surface area contributed by atoms with Crippen LogP contribution in [0.2, 0.25) is 0 Å². The predicted octanol–water partition coefficient (Wildman–Crippen LogP) is 12.0. The van der Waals surface area contributed by atoms with Crippen LogP contribution < -0.4 is 0 Å². The van der Waals surface area contributed by atoms with Gasteiger partial charge in [-0.1, -0.05) is 115 Å². The van der Waals surface area contributed by atoms with Crippen LogP contribution in [-0.4, -0.2) is 0 Å². The summed E-state index contributed by atoms with van der Waals surface area (Å²) >= 11 is 0. The van der Waals surface area contributed by atoms with E-state index in [2.05, 4.69) is 149 Å². The van der Waals surface area contributed by atoms with E-state index < -0.39 is 0 Å². The van der Waals surface area contributed by atoms with Crippen molar-refractivity contribution in [2.45, 2.75) is 27.7 Å². The van der Waals surface area contributed by atoms with Crippen molar-refractivity contribution in [2.75, 3.05) is 0 Å². The molecule has 0 aliphatic carbocycles. The van der Waals surface area contributed by atoms with Crippen molar-refractivity contribution < 1.29 is 0 Å². The summed E-state index contributed by atoms with van der Waals surface area (Å²) < 4.78 is 0. The van der Waals surface area contributed by atoms with Crippen LogP contribution in [-0.2, 0) is 0 Å². The van der Waals surface area contributed by atoms with Crippen LogP contribution in [0.25, 0.3) is 76.1 Å². The molecule has 8 rings (SSSR count). The summed E-state index contributed by atoms with van der Waals surface area (Å²) in [6, 6.07) is 45.7. The van der Waals surface area contributed by atoms with Crippen LogP contribution >= 0.6 is 0 Å². The lowest BCUT2D eigenvalue weighted by Gasteiger charge is -2.18. The standard InChI is InChI=1S/C42H32/c1-25-13-18-32(28(4)21-25)31-17-20-36-34-10-6-7-11-37(34)41-39-23-30(29-15-14-26(2)27(3)22-29)16-19-35(39)33-9-5-8-12-38(33)42(41)40(36)24-31/h5-24H,1-4H3. The summed E-state index contributed by atoms with van der Waals surface area (Å²) in [4.78, 5) is 0. The fourth-order valence-electron chi connectivity index (χ4n) is 7.08. The zero-order valence-corrected chi connectivity index (χ0v) is 24.5. The Morgan fingerprint density at radius 2 is 0.810 bits per heavy atom. The second-order valence-corrected chi connectivity index (χ2v) is 12.0. The van der Waals surface area contributed by atoms with Crippen molar-refractivity contribution in [3.05, 3.63) is 144 Å². The average Bonchev–Trinajstić information content (AvgIpc) is 3.01. The van der Waals surface area contributed by atoms with Gasteiger partial charge in [0, 0.05) is 0 Å². The predicted molar refractivity (Wildman–Crippen MR) is 184 cm³/mol. The van der Waals surface area contributed by atoms with Crippen LogP contribution in [0.5, 0.6) is 0 Å². The first-order valence-electron chi connectivity index (χ1n) is 14.9. The quantitative estimate of drug-likeness (QED) is 0.193. The van der Waals surface area contributed by atoms with Crippen LogP contribution in [0.1, 0.15) is 22.3 Å². The van der Waals surface area contributed by atoms with Gasteiger partial charge in [0.1, 0.15) is 0 Å². The molecule has 0 fully saturated rings. The van der Waals surface area contributed by atoms with Gasteiger partial charge in [0.15, 0.2) is 0 Å². The monoisotopic (exact) mass is 536 g/mol. The molecule has 0 unspecified atom stereocenters. The molecular weight excluding hydrogens is 504 g/mol. The number of aryl methyl sites for hydroxylation is 4. The Kier molecular flexibility index (Phi) is 5.49. The molecule has 0 nitrogen and oxygen atoms in total. The summed E-state index contributed by atoms with van der Waals surface area (Å²) in [5, 5.41) is 13.2. The van der Waals surface area contributed by atoms with Gasteiger partial charge in [-0.3, -0.25) is 0 Å². The van der Waals surface area contributed by atoms with Gasteiger partial charge in [0.2, 0.25) is 0 Å². The van der Waals surface area contributed by atoms with Crippen molar-refractivity contribution in [2.24, 2.45) is 0 Å². The highest BCUT2D eigenvalue weighted by molar-refractivity contribution is 6.39. The topological polar surface area (TPSA) is 0 Å². The molecule has 0 atom stereocenters. The third-order valence-electron chi connectivity index (χ3n) is 9.33. The van der Waals surface area contributed by atoms with E-state index in [0.717, 1.165) is 0 Å². The maximum absolute atomic E-state index is 2.44. The molecule has 0 saturated carbocycles. The highest BCUT2D eigenvalue weighted by atomic mass is 14.2. The minimum Gasteiger partial charge on any atom is -0.0616 e.